The zero-order chi connectivity index (χ0) is 9.14. The summed E-state index contributed by atoms with van der Waals surface area (Å²) in [7, 11) is -1.10. The Kier molecular flexibility index (Phi) is 2.70. The summed E-state index contributed by atoms with van der Waals surface area (Å²) < 4.78 is 26.2. The maximum absolute atomic E-state index is 10.6. The highest BCUT2D eigenvalue weighted by atomic mass is 32.2. The van der Waals surface area contributed by atoms with E-state index in [0.717, 1.165) is 5.56 Å². The number of aryl methyl sites for hydroxylation is 1. The zero-order valence-electron chi connectivity index (χ0n) is 6.90. The Morgan fingerprint density at radius 1 is 1.33 bits per heavy atom. The van der Waals surface area contributed by atoms with E-state index in [2.05, 4.69) is 0 Å². The summed E-state index contributed by atoms with van der Waals surface area (Å²) in [4.78, 5) is 0.234. The number of benzene rings is 1. The van der Waals surface area contributed by atoms with Gasteiger partial charge in [-0.25, -0.2) is 8.42 Å². The minimum absolute atomic E-state index is 0.234. The monoisotopic (exact) mass is 186 g/mol. The van der Waals surface area contributed by atoms with Crippen LogP contribution in [0.1, 0.15) is 5.56 Å². The summed E-state index contributed by atoms with van der Waals surface area (Å²) in [5.74, 6) is 0.408. The molecule has 0 saturated heterocycles. The number of methoxy groups -OCH3 is 1. The first-order valence-corrected chi connectivity index (χ1v) is 4.62. The van der Waals surface area contributed by atoms with Crippen molar-refractivity contribution in [2.24, 2.45) is 0 Å². The highest BCUT2D eigenvalue weighted by molar-refractivity contribution is 7.72. The first kappa shape index (κ1) is 9.06. The molecular weight excluding hydrogens is 176 g/mol. The summed E-state index contributed by atoms with van der Waals surface area (Å²) in [5, 5.41) is 0. The van der Waals surface area contributed by atoms with Crippen LogP contribution in [0.3, 0.4) is 0 Å². The van der Waals surface area contributed by atoms with Crippen LogP contribution in [0.2, 0.25) is 0 Å². The third kappa shape index (κ3) is 1.76. The Balaban J connectivity index is 3.29. The maximum Gasteiger partial charge on any atom is 0.171 e. The van der Waals surface area contributed by atoms with Crippen LogP contribution in [0.4, 0.5) is 0 Å². The van der Waals surface area contributed by atoms with Crippen molar-refractivity contribution in [3.63, 3.8) is 0 Å². The van der Waals surface area contributed by atoms with E-state index in [4.69, 9.17) is 4.74 Å². The van der Waals surface area contributed by atoms with Crippen molar-refractivity contribution in [1.29, 1.82) is 0 Å². The van der Waals surface area contributed by atoms with Crippen molar-refractivity contribution in [1.82, 2.24) is 0 Å². The van der Waals surface area contributed by atoms with Gasteiger partial charge in [-0.2, -0.15) is 0 Å². The first-order valence-electron chi connectivity index (χ1n) is 3.44. The molecule has 3 nitrogen and oxygen atoms in total. The van der Waals surface area contributed by atoms with Gasteiger partial charge in [-0.3, -0.25) is 0 Å². The molecule has 0 aliphatic carbocycles. The van der Waals surface area contributed by atoms with Crippen molar-refractivity contribution in [3.05, 3.63) is 23.8 Å². The molecule has 1 rings (SSSR count). The van der Waals surface area contributed by atoms with Crippen LogP contribution in [0.15, 0.2) is 23.1 Å². The van der Waals surface area contributed by atoms with Crippen LogP contribution in [0, 0.1) is 6.92 Å². The second kappa shape index (κ2) is 3.58. The lowest BCUT2D eigenvalue weighted by atomic mass is 10.2. The van der Waals surface area contributed by atoms with Crippen molar-refractivity contribution in [2.45, 2.75) is 11.8 Å². The molecule has 0 spiro atoms. The van der Waals surface area contributed by atoms with E-state index in [-0.39, 0.29) is 4.90 Å². The van der Waals surface area contributed by atoms with Gasteiger partial charge in [-0.1, -0.05) is 6.07 Å². The molecule has 1 aromatic rings. The molecule has 0 saturated carbocycles. The topological polar surface area (TPSA) is 43.4 Å². The standard InChI is InChI=1S/C8H10O3S/c1-6-3-4-8(12(9)10)7(5-6)11-2/h3-5,12H,1-2H3. The fourth-order valence-electron chi connectivity index (χ4n) is 0.936. The van der Waals surface area contributed by atoms with E-state index >= 15 is 0 Å². The van der Waals surface area contributed by atoms with Gasteiger partial charge in [0.25, 0.3) is 0 Å². The zero-order valence-corrected chi connectivity index (χ0v) is 7.80. The molecule has 0 atom stereocenters. The smallest absolute Gasteiger partial charge is 0.171 e. The van der Waals surface area contributed by atoms with E-state index in [1.807, 2.05) is 6.92 Å². The summed E-state index contributed by atoms with van der Waals surface area (Å²) in [6, 6.07) is 4.98. The van der Waals surface area contributed by atoms with Gasteiger partial charge < -0.3 is 4.74 Å². The molecule has 0 fully saturated rings. The molecular formula is C8H10O3S. The summed E-state index contributed by atoms with van der Waals surface area (Å²) in [6.07, 6.45) is 0. The molecule has 4 heteroatoms. The summed E-state index contributed by atoms with van der Waals surface area (Å²) in [5.41, 5.74) is 0.979. The van der Waals surface area contributed by atoms with Crippen molar-refractivity contribution >= 4 is 10.7 Å². The fraction of sp³-hybridized carbons (Fsp3) is 0.250. The third-order valence-electron chi connectivity index (χ3n) is 1.53. The predicted octanol–water partition coefficient (Wildman–Crippen LogP) is 0.974. The molecule has 0 amide bonds. The molecule has 0 radical (unpaired) electrons. The molecule has 0 unspecified atom stereocenters. The van der Waals surface area contributed by atoms with Crippen LogP contribution in [0.25, 0.3) is 0 Å². The van der Waals surface area contributed by atoms with Crippen LogP contribution in [-0.2, 0) is 10.7 Å². The molecule has 0 aromatic heterocycles. The van der Waals surface area contributed by atoms with Crippen LogP contribution in [0.5, 0.6) is 5.75 Å². The largest absolute Gasteiger partial charge is 0.495 e. The van der Waals surface area contributed by atoms with Gasteiger partial charge in [0.05, 0.1) is 7.11 Å². The van der Waals surface area contributed by atoms with E-state index < -0.39 is 10.7 Å². The molecule has 66 valence electrons. The first-order chi connectivity index (χ1) is 5.65. The van der Waals surface area contributed by atoms with Crippen molar-refractivity contribution in [2.75, 3.05) is 7.11 Å². The summed E-state index contributed by atoms with van der Waals surface area (Å²) in [6.45, 7) is 1.88. The minimum atomic E-state index is -2.56. The van der Waals surface area contributed by atoms with Gasteiger partial charge in [0.15, 0.2) is 10.7 Å². The molecule has 0 N–H and O–H groups in total. The predicted molar refractivity (Wildman–Crippen MR) is 46.3 cm³/mol. The van der Waals surface area contributed by atoms with Gasteiger partial charge in [0.1, 0.15) is 10.6 Å². The quantitative estimate of drug-likeness (QED) is 0.700. The van der Waals surface area contributed by atoms with E-state index in [9.17, 15) is 8.42 Å². The minimum Gasteiger partial charge on any atom is -0.495 e. The van der Waals surface area contributed by atoms with Crippen LogP contribution < -0.4 is 4.74 Å². The average Bonchev–Trinajstić information content (AvgIpc) is 2.03. The molecule has 1 aromatic carbocycles. The van der Waals surface area contributed by atoms with Gasteiger partial charge >= 0.3 is 0 Å². The number of rotatable bonds is 2. The molecule has 0 aliphatic heterocycles. The molecule has 0 heterocycles. The second-order valence-corrected chi connectivity index (χ2v) is 3.43. The SMILES string of the molecule is COc1cc(C)ccc1[SH](=O)=O. The van der Waals surface area contributed by atoms with Gasteiger partial charge in [-0.15, -0.1) is 0 Å². The average molecular weight is 186 g/mol. The van der Waals surface area contributed by atoms with Crippen LogP contribution in [-0.4, -0.2) is 15.5 Å². The molecule has 0 aliphatic rings. The Labute approximate surface area is 72.9 Å². The lowest BCUT2D eigenvalue weighted by Crippen LogP contribution is -1.90. The number of thiol groups is 1. The lowest BCUT2D eigenvalue weighted by Gasteiger charge is -2.03. The van der Waals surface area contributed by atoms with Gasteiger partial charge in [0.2, 0.25) is 0 Å². The van der Waals surface area contributed by atoms with Crippen LogP contribution >= 0.6 is 0 Å². The summed E-state index contributed by atoms with van der Waals surface area (Å²) >= 11 is 0. The van der Waals surface area contributed by atoms with E-state index in [1.54, 1.807) is 18.2 Å². The lowest BCUT2D eigenvalue weighted by molar-refractivity contribution is 0.403. The maximum atomic E-state index is 10.6. The second-order valence-electron chi connectivity index (χ2n) is 2.43. The Morgan fingerprint density at radius 2 is 2.00 bits per heavy atom. The number of hydrogen-bond donors (Lipinski definition) is 1. The normalized spacial score (nSPS) is 10.2. The van der Waals surface area contributed by atoms with Crippen molar-refractivity contribution in [3.8, 4) is 5.75 Å². The van der Waals surface area contributed by atoms with Gasteiger partial charge in [-0.05, 0) is 24.6 Å². The molecule has 12 heavy (non-hydrogen) atoms. The van der Waals surface area contributed by atoms with Gasteiger partial charge in [0, 0.05) is 0 Å². The highest BCUT2D eigenvalue weighted by Crippen LogP contribution is 2.20. The van der Waals surface area contributed by atoms with E-state index in [1.165, 1.54) is 7.11 Å². The van der Waals surface area contributed by atoms with E-state index in [0.29, 0.717) is 5.75 Å². The third-order valence-corrected chi connectivity index (χ3v) is 2.29. The Bertz CT molecular complexity index is 347. The molecule has 0 bridgehead atoms. The number of hydrogen-bond acceptors (Lipinski definition) is 3. The Morgan fingerprint density at radius 3 is 2.50 bits per heavy atom. The number of ether oxygens (including phenoxy) is 1. The Hall–Kier alpha value is -1.03. The fourth-order valence-corrected chi connectivity index (χ4v) is 1.47. The highest BCUT2D eigenvalue weighted by Gasteiger charge is 2.03. The van der Waals surface area contributed by atoms with Crippen molar-refractivity contribution < 1.29 is 13.2 Å².